The van der Waals surface area contributed by atoms with Gasteiger partial charge in [-0.3, -0.25) is 4.79 Å². The second-order valence-electron chi connectivity index (χ2n) is 5.01. The molecule has 0 spiro atoms. The molecule has 0 heterocycles. The van der Waals surface area contributed by atoms with E-state index < -0.39 is 11.5 Å². The van der Waals surface area contributed by atoms with Crippen LogP contribution in [0.5, 0.6) is 5.75 Å². The summed E-state index contributed by atoms with van der Waals surface area (Å²) in [5, 5.41) is 18.7. The second kappa shape index (κ2) is 6.41. The van der Waals surface area contributed by atoms with E-state index in [1.165, 1.54) is 11.8 Å². The summed E-state index contributed by atoms with van der Waals surface area (Å²) in [6.45, 7) is 5.07. The first-order chi connectivity index (χ1) is 9.31. The molecule has 2 N–H and O–H groups in total. The van der Waals surface area contributed by atoms with Gasteiger partial charge in [0.25, 0.3) is 0 Å². The minimum Gasteiger partial charge on any atom is -0.508 e. The molecule has 110 valence electrons. The molecule has 1 unspecified atom stereocenters. The van der Waals surface area contributed by atoms with Gasteiger partial charge in [-0.1, -0.05) is 12.1 Å². The summed E-state index contributed by atoms with van der Waals surface area (Å²) in [5.74, 6) is -1.08. The molecular weight excluding hydrogens is 258 g/mol. The zero-order valence-corrected chi connectivity index (χ0v) is 12.1. The zero-order chi connectivity index (χ0) is 15.3. The fourth-order valence-corrected chi connectivity index (χ4v) is 2.33. The summed E-state index contributed by atoms with van der Waals surface area (Å²) in [7, 11) is 0. The molecule has 0 aliphatic rings. The minimum atomic E-state index is -1.22. The number of rotatable bonds is 6. The first-order valence-corrected chi connectivity index (χ1v) is 6.60. The predicted molar refractivity (Wildman–Crippen MR) is 75.5 cm³/mol. The molecule has 0 bridgehead atoms. The van der Waals surface area contributed by atoms with Crippen molar-refractivity contribution in [2.75, 3.05) is 6.54 Å². The fraction of sp³-hybridized carbons (Fsp3) is 0.467. The highest BCUT2D eigenvalue weighted by atomic mass is 16.4. The van der Waals surface area contributed by atoms with E-state index >= 15 is 0 Å². The van der Waals surface area contributed by atoms with Gasteiger partial charge in [-0.15, -0.1) is 0 Å². The lowest BCUT2D eigenvalue weighted by molar-refractivity contribution is -0.157. The van der Waals surface area contributed by atoms with E-state index in [0.717, 1.165) is 5.56 Å². The molecule has 5 nitrogen and oxygen atoms in total. The third kappa shape index (κ3) is 3.50. The number of benzene rings is 1. The van der Waals surface area contributed by atoms with Gasteiger partial charge in [-0.05, 0) is 44.4 Å². The largest absolute Gasteiger partial charge is 0.508 e. The lowest BCUT2D eigenvalue weighted by atomic mass is 9.91. The van der Waals surface area contributed by atoms with Gasteiger partial charge in [0.05, 0.1) is 0 Å². The summed E-state index contributed by atoms with van der Waals surface area (Å²) in [4.78, 5) is 24.5. The number of hydrogen-bond donors (Lipinski definition) is 2. The standard InChI is InChI=1S/C15H21NO4/c1-4-16(11(2)17)15(3,14(19)20)10-9-12-5-7-13(18)8-6-12/h5-8,18H,4,9-10H2,1-3H3,(H,19,20). The van der Waals surface area contributed by atoms with Crippen LogP contribution < -0.4 is 0 Å². The van der Waals surface area contributed by atoms with Crippen LogP contribution in [0.25, 0.3) is 0 Å². The van der Waals surface area contributed by atoms with Crippen LogP contribution in [-0.4, -0.2) is 39.1 Å². The summed E-state index contributed by atoms with van der Waals surface area (Å²) in [5.41, 5.74) is -0.298. The van der Waals surface area contributed by atoms with E-state index in [4.69, 9.17) is 0 Å². The number of phenols is 1. The lowest BCUT2D eigenvalue weighted by Crippen LogP contribution is -2.54. The van der Waals surface area contributed by atoms with Crippen LogP contribution in [-0.2, 0) is 16.0 Å². The quantitative estimate of drug-likeness (QED) is 0.835. The molecule has 1 aromatic carbocycles. The van der Waals surface area contributed by atoms with Crippen molar-refractivity contribution in [3.05, 3.63) is 29.8 Å². The maximum absolute atomic E-state index is 11.6. The van der Waals surface area contributed by atoms with Gasteiger partial charge in [0.1, 0.15) is 11.3 Å². The summed E-state index contributed by atoms with van der Waals surface area (Å²) >= 11 is 0. The van der Waals surface area contributed by atoms with Crippen molar-refractivity contribution in [1.29, 1.82) is 0 Å². The first-order valence-electron chi connectivity index (χ1n) is 6.60. The van der Waals surface area contributed by atoms with Crippen LogP contribution >= 0.6 is 0 Å². The summed E-state index contributed by atoms with van der Waals surface area (Å²) in [6.07, 6.45) is 0.841. The van der Waals surface area contributed by atoms with Crippen LogP contribution in [0.1, 0.15) is 32.8 Å². The fourth-order valence-electron chi connectivity index (χ4n) is 2.33. The number of nitrogens with zero attached hydrogens (tertiary/aromatic N) is 1. The highest BCUT2D eigenvalue weighted by Gasteiger charge is 2.39. The van der Waals surface area contributed by atoms with Crippen molar-refractivity contribution in [2.45, 2.75) is 39.2 Å². The third-order valence-electron chi connectivity index (χ3n) is 3.59. The Balaban J connectivity index is 2.89. The Morgan fingerprint density at radius 3 is 2.20 bits per heavy atom. The Kier molecular flexibility index (Phi) is 5.13. The van der Waals surface area contributed by atoms with E-state index in [1.807, 2.05) is 0 Å². The molecule has 0 aromatic heterocycles. The number of carbonyl (C=O) groups is 2. The van der Waals surface area contributed by atoms with Gasteiger partial charge in [0.2, 0.25) is 5.91 Å². The molecule has 1 amide bonds. The maximum Gasteiger partial charge on any atom is 0.329 e. The van der Waals surface area contributed by atoms with E-state index in [2.05, 4.69) is 0 Å². The van der Waals surface area contributed by atoms with Gasteiger partial charge in [-0.25, -0.2) is 4.79 Å². The molecule has 1 atom stereocenters. The van der Waals surface area contributed by atoms with Crippen molar-refractivity contribution in [1.82, 2.24) is 4.90 Å². The van der Waals surface area contributed by atoms with Crippen LogP contribution in [0.4, 0.5) is 0 Å². The molecule has 20 heavy (non-hydrogen) atoms. The summed E-state index contributed by atoms with van der Waals surface area (Å²) in [6, 6.07) is 6.63. The topological polar surface area (TPSA) is 77.8 Å². The molecule has 1 aromatic rings. The Bertz CT molecular complexity index is 483. The van der Waals surface area contributed by atoms with Crippen LogP contribution in [0.2, 0.25) is 0 Å². The van der Waals surface area contributed by atoms with E-state index in [-0.39, 0.29) is 11.7 Å². The number of hydrogen-bond acceptors (Lipinski definition) is 3. The number of aromatic hydroxyl groups is 1. The Morgan fingerprint density at radius 1 is 1.25 bits per heavy atom. The monoisotopic (exact) mass is 279 g/mol. The molecule has 0 saturated carbocycles. The molecule has 0 aliphatic carbocycles. The Morgan fingerprint density at radius 2 is 1.80 bits per heavy atom. The van der Waals surface area contributed by atoms with Crippen LogP contribution in [0.3, 0.4) is 0 Å². The van der Waals surface area contributed by atoms with Gasteiger partial charge in [0.15, 0.2) is 0 Å². The maximum atomic E-state index is 11.6. The number of amides is 1. The van der Waals surface area contributed by atoms with E-state index in [1.54, 1.807) is 38.1 Å². The van der Waals surface area contributed by atoms with Gasteiger partial charge < -0.3 is 15.1 Å². The van der Waals surface area contributed by atoms with Gasteiger partial charge >= 0.3 is 5.97 Å². The van der Waals surface area contributed by atoms with Gasteiger partial charge in [0, 0.05) is 13.5 Å². The number of carboxylic acid groups (broad SMARTS) is 1. The number of phenolic OH excluding ortho intramolecular Hbond substituents is 1. The van der Waals surface area contributed by atoms with Gasteiger partial charge in [-0.2, -0.15) is 0 Å². The average Bonchev–Trinajstić information content (AvgIpc) is 2.38. The second-order valence-corrected chi connectivity index (χ2v) is 5.01. The number of aryl methyl sites for hydroxylation is 1. The average molecular weight is 279 g/mol. The number of likely N-dealkylation sites (N-methyl/N-ethyl adjacent to an activating group) is 1. The molecule has 0 radical (unpaired) electrons. The highest BCUT2D eigenvalue weighted by molar-refractivity contribution is 5.85. The first kappa shape index (κ1) is 16.0. The molecule has 0 fully saturated rings. The SMILES string of the molecule is CCN(C(C)=O)C(C)(CCc1ccc(O)cc1)C(=O)O. The number of carbonyl (C=O) groups excluding carboxylic acids is 1. The molecule has 0 aliphatic heterocycles. The minimum absolute atomic E-state index is 0.175. The predicted octanol–water partition coefficient (Wildman–Crippen LogP) is 2.04. The third-order valence-corrected chi connectivity index (χ3v) is 3.59. The smallest absolute Gasteiger partial charge is 0.329 e. The van der Waals surface area contributed by atoms with Crippen molar-refractivity contribution >= 4 is 11.9 Å². The zero-order valence-electron chi connectivity index (χ0n) is 12.1. The lowest BCUT2D eigenvalue weighted by Gasteiger charge is -2.36. The molecule has 0 saturated heterocycles. The van der Waals surface area contributed by atoms with Crippen LogP contribution in [0, 0.1) is 0 Å². The molecule has 5 heteroatoms. The Labute approximate surface area is 118 Å². The van der Waals surface area contributed by atoms with Crippen molar-refractivity contribution in [3.8, 4) is 5.75 Å². The highest BCUT2D eigenvalue weighted by Crippen LogP contribution is 2.23. The van der Waals surface area contributed by atoms with Crippen molar-refractivity contribution in [3.63, 3.8) is 0 Å². The Hall–Kier alpha value is -2.04. The number of aliphatic carboxylic acids is 1. The summed E-state index contributed by atoms with van der Waals surface area (Å²) < 4.78 is 0. The number of carboxylic acids is 1. The van der Waals surface area contributed by atoms with E-state index in [9.17, 15) is 19.8 Å². The molecule has 1 rings (SSSR count). The van der Waals surface area contributed by atoms with Crippen LogP contribution in [0.15, 0.2) is 24.3 Å². The normalized spacial score (nSPS) is 13.6. The van der Waals surface area contributed by atoms with E-state index in [0.29, 0.717) is 19.4 Å². The van der Waals surface area contributed by atoms with Crippen molar-refractivity contribution in [2.24, 2.45) is 0 Å². The molecular formula is C15H21NO4. The van der Waals surface area contributed by atoms with Crippen molar-refractivity contribution < 1.29 is 19.8 Å².